The van der Waals surface area contributed by atoms with E-state index in [1.165, 1.54) is 25.7 Å². The van der Waals surface area contributed by atoms with E-state index >= 15 is 0 Å². The minimum absolute atomic E-state index is 0.0422. The van der Waals surface area contributed by atoms with E-state index in [9.17, 15) is 4.79 Å². The number of carbonyl (C=O) groups is 1. The lowest BCUT2D eigenvalue weighted by Crippen LogP contribution is -2.67. The van der Waals surface area contributed by atoms with Crippen LogP contribution in [-0.2, 0) is 4.74 Å². The number of pyridine rings is 1. The number of nitrogens with zero attached hydrogens (tertiary/aromatic N) is 2. The molecule has 0 unspecified atom stereocenters. The largest absolute Gasteiger partial charge is 0.372 e. The molecule has 1 N–H and O–H groups in total. The van der Waals surface area contributed by atoms with Gasteiger partial charge in [0.15, 0.2) is 0 Å². The van der Waals surface area contributed by atoms with Gasteiger partial charge >= 0.3 is 0 Å². The van der Waals surface area contributed by atoms with E-state index in [1.807, 2.05) is 0 Å². The van der Waals surface area contributed by atoms with Gasteiger partial charge in [-0.25, -0.2) is 0 Å². The standard InChI is InChI=1S/C19H27N3O2/c23-18(16-4-3-9-20-11-16)21-10-15-7-8-19(24-12-15)13-22(14-19)17-5-1-2-6-17/h3-4,9,11,15,17H,1-2,5-8,10,12-14H2,(H,21,23)/t15-/m0/s1. The molecule has 3 fully saturated rings. The lowest BCUT2D eigenvalue weighted by molar-refractivity contribution is -0.188. The molecule has 1 spiro atoms. The van der Waals surface area contributed by atoms with E-state index < -0.39 is 0 Å². The molecule has 1 aliphatic carbocycles. The van der Waals surface area contributed by atoms with Crippen LogP contribution in [0.4, 0.5) is 0 Å². The van der Waals surface area contributed by atoms with Crippen LogP contribution in [-0.4, -0.2) is 53.7 Å². The summed E-state index contributed by atoms with van der Waals surface area (Å²) in [5, 5.41) is 3.02. The first kappa shape index (κ1) is 16.0. The maximum Gasteiger partial charge on any atom is 0.252 e. The SMILES string of the molecule is O=C(NC[C@@H]1CCC2(CN(C3CCCC3)C2)OC1)c1cccnc1. The molecule has 3 aliphatic rings. The molecule has 5 nitrogen and oxygen atoms in total. The summed E-state index contributed by atoms with van der Waals surface area (Å²) in [5.41, 5.74) is 0.740. The number of hydrogen-bond donors (Lipinski definition) is 1. The second-order valence-electron chi connectivity index (χ2n) is 7.69. The molecule has 1 aromatic heterocycles. The summed E-state index contributed by atoms with van der Waals surface area (Å²) < 4.78 is 6.24. The monoisotopic (exact) mass is 329 g/mol. The number of hydrogen-bond acceptors (Lipinski definition) is 4. The maximum absolute atomic E-state index is 12.1. The van der Waals surface area contributed by atoms with Crippen LogP contribution in [0.2, 0.25) is 0 Å². The minimum Gasteiger partial charge on any atom is -0.372 e. The molecule has 2 saturated heterocycles. The molecule has 1 aromatic rings. The van der Waals surface area contributed by atoms with Gasteiger partial charge in [-0.1, -0.05) is 12.8 Å². The summed E-state index contributed by atoms with van der Waals surface area (Å²) in [4.78, 5) is 18.7. The summed E-state index contributed by atoms with van der Waals surface area (Å²) in [6.45, 7) is 3.70. The molecule has 0 bridgehead atoms. The molecule has 1 atom stereocenters. The van der Waals surface area contributed by atoms with Gasteiger partial charge in [0.25, 0.3) is 5.91 Å². The number of amides is 1. The molecule has 4 rings (SSSR count). The van der Waals surface area contributed by atoms with Gasteiger partial charge in [-0.2, -0.15) is 0 Å². The molecule has 1 amide bonds. The van der Waals surface area contributed by atoms with Gasteiger partial charge in [0.1, 0.15) is 0 Å². The van der Waals surface area contributed by atoms with Gasteiger partial charge < -0.3 is 10.1 Å². The van der Waals surface area contributed by atoms with Gasteiger partial charge in [0, 0.05) is 38.1 Å². The third-order valence-corrected chi connectivity index (χ3v) is 5.93. The topological polar surface area (TPSA) is 54.5 Å². The lowest BCUT2D eigenvalue weighted by atomic mass is 9.82. The molecule has 24 heavy (non-hydrogen) atoms. The second kappa shape index (κ2) is 6.81. The molecular weight excluding hydrogens is 302 g/mol. The van der Waals surface area contributed by atoms with Crippen LogP contribution >= 0.6 is 0 Å². The smallest absolute Gasteiger partial charge is 0.252 e. The average molecular weight is 329 g/mol. The van der Waals surface area contributed by atoms with E-state index in [-0.39, 0.29) is 11.5 Å². The summed E-state index contributed by atoms with van der Waals surface area (Å²) in [5.74, 6) is 0.385. The number of aromatic nitrogens is 1. The molecule has 5 heteroatoms. The predicted molar refractivity (Wildman–Crippen MR) is 91.8 cm³/mol. The van der Waals surface area contributed by atoms with Crippen molar-refractivity contribution in [3.05, 3.63) is 30.1 Å². The first-order valence-corrected chi connectivity index (χ1v) is 9.30. The van der Waals surface area contributed by atoms with E-state index in [1.54, 1.807) is 24.5 Å². The Morgan fingerprint density at radius 1 is 1.33 bits per heavy atom. The Kier molecular flexibility index (Phi) is 4.55. The fraction of sp³-hybridized carbons (Fsp3) is 0.684. The van der Waals surface area contributed by atoms with E-state index in [2.05, 4.69) is 15.2 Å². The van der Waals surface area contributed by atoms with Crippen molar-refractivity contribution in [2.75, 3.05) is 26.2 Å². The van der Waals surface area contributed by atoms with Gasteiger partial charge in [-0.15, -0.1) is 0 Å². The number of rotatable bonds is 4. The van der Waals surface area contributed by atoms with Crippen molar-refractivity contribution in [2.45, 2.75) is 50.2 Å². The first-order chi connectivity index (χ1) is 11.7. The molecule has 1 saturated carbocycles. The van der Waals surface area contributed by atoms with Crippen LogP contribution in [0.25, 0.3) is 0 Å². The van der Waals surface area contributed by atoms with Crippen LogP contribution < -0.4 is 5.32 Å². The summed E-state index contributed by atoms with van der Waals surface area (Å²) in [6, 6.07) is 4.39. The Hall–Kier alpha value is -1.46. The minimum atomic E-state index is -0.0422. The number of nitrogens with one attached hydrogen (secondary N) is 1. The summed E-state index contributed by atoms with van der Waals surface area (Å²) in [7, 11) is 0. The highest BCUT2D eigenvalue weighted by atomic mass is 16.5. The fourth-order valence-electron chi connectivity index (χ4n) is 4.39. The Bertz CT molecular complexity index is 555. The van der Waals surface area contributed by atoms with Gasteiger partial charge in [0.05, 0.1) is 17.8 Å². The van der Waals surface area contributed by atoms with Gasteiger partial charge in [-0.05, 0) is 43.7 Å². The van der Waals surface area contributed by atoms with E-state index in [4.69, 9.17) is 4.74 Å². The fourth-order valence-corrected chi connectivity index (χ4v) is 4.39. The van der Waals surface area contributed by atoms with Crippen molar-refractivity contribution in [3.63, 3.8) is 0 Å². The van der Waals surface area contributed by atoms with Gasteiger partial charge in [-0.3, -0.25) is 14.7 Å². The highest BCUT2D eigenvalue weighted by Crippen LogP contribution is 2.39. The zero-order valence-corrected chi connectivity index (χ0v) is 14.2. The molecule has 2 aliphatic heterocycles. The van der Waals surface area contributed by atoms with Crippen molar-refractivity contribution in [1.29, 1.82) is 0 Å². The molecular formula is C19H27N3O2. The normalized spacial score (nSPS) is 27.1. The number of carbonyl (C=O) groups excluding carboxylic acids is 1. The average Bonchev–Trinajstić information content (AvgIpc) is 3.13. The zero-order chi connectivity index (χ0) is 16.4. The highest BCUT2D eigenvalue weighted by molar-refractivity contribution is 5.93. The van der Waals surface area contributed by atoms with Crippen molar-refractivity contribution in [3.8, 4) is 0 Å². The van der Waals surface area contributed by atoms with Gasteiger partial charge in [0.2, 0.25) is 0 Å². The highest BCUT2D eigenvalue weighted by Gasteiger charge is 2.48. The second-order valence-corrected chi connectivity index (χ2v) is 7.69. The van der Waals surface area contributed by atoms with Crippen LogP contribution in [0.5, 0.6) is 0 Å². The number of ether oxygens (including phenoxy) is 1. The van der Waals surface area contributed by atoms with Crippen molar-refractivity contribution in [2.24, 2.45) is 5.92 Å². The van der Waals surface area contributed by atoms with Crippen LogP contribution in [0, 0.1) is 5.92 Å². The van der Waals surface area contributed by atoms with Crippen molar-refractivity contribution >= 4 is 5.91 Å². The summed E-state index contributed by atoms with van der Waals surface area (Å²) >= 11 is 0. The van der Waals surface area contributed by atoms with E-state index in [0.717, 1.165) is 38.6 Å². The van der Waals surface area contributed by atoms with Crippen molar-refractivity contribution < 1.29 is 9.53 Å². The van der Waals surface area contributed by atoms with E-state index in [0.29, 0.717) is 18.0 Å². The summed E-state index contributed by atoms with van der Waals surface area (Å²) in [6.07, 6.45) is 11.1. The maximum atomic E-state index is 12.1. The Balaban J connectivity index is 1.19. The Morgan fingerprint density at radius 3 is 2.83 bits per heavy atom. The Labute approximate surface area is 143 Å². The quantitative estimate of drug-likeness (QED) is 0.920. The molecule has 0 aromatic carbocycles. The third-order valence-electron chi connectivity index (χ3n) is 5.93. The number of likely N-dealkylation sites (tertiary alicyclic amines) is 1. The van der Waals surface area contributed by atoms with Crippen LogP contribution in [0.3, 0.4) is 0 Å². The predicted octanol–water partition coefficient (Wildman–Crippen LogP) is 2.23. The molecule has 130 valence electrons. The van der Waals surface area contributed by atoms with Crippen molar-refractivity contribution in [1.82, 2.24) is 15.2 Å². The third kappa shape index (κ3) is 3.33. The Morgan fingerprint density at radius 2 is 2.17 bits per heavy atom. The lowest BCUT2D eigenvalue weighted by Gasteiger charge is -2.55. The zero-order valence-electron chi connectivity index (χ0n) is 14.2. The van der Waals surface area contributed by atoms with Crippen LogP contribution in [0.1, 0.15) is 48.9 Å². The molecule has 0 radical (unpaired) electrons. The molecule has 3 heterocycles. The first-order valence-electron chi connectivity index (χ1n) is 9.30. The van der Waals surface area contributed by atoms with Crippen LogP contribution in [0.15, 0.2) is 24.5 Å².